The van der Waals surface area contributed by atoms with Gasteiger partial charge in [-0.15, -0.1) is 5.10 Å². The van der Waals surface area contributed by atoms with Crippen LogP contribution in [0.1, 0.15) is 19.3 Å². The Bertz CT molecular complexity index is 925. The lowest BCUT2D eigenvalue weighted by molar-refractivity contribution is -0.122. The molecule has 9 heteroatoms. The van der Waals surface area contributed by atoms with Crippen LogP contribution < -0.4 is 10.6 Å². The molecule has 0 spiro atoms. The van der Waals surface area contributed by atoms with Crippen LogP contribution in [0.4, 0.5) is 11.6 Å². The minimum absolute atomic E-state index is 0.0204. The van der Waals surface area contributed by atoms with E-state index >= 15 is 0 Å². The molecule has 1 fully saturated rings. The summed E-state index contributed by atoms with van der Waals surface area (Å²) < 4.78 is 1.38. The quantitative estimate of drug-likeness (QED) is 0.651. The van der Waals surface area contributed by atoms with Crippen LogP contribution in [0, 0.1) is 5.92 Å². The number of aromatic nitrogens is 5. The molecule has 2 aromatic heterocycles. The van der Waals surface area contributed by atoms with Gasteiger partial charge in [-0.05, 0) is 25.0 Å². The summed E-state index contributed by atoms with van der Waals surface area (Å²) in [5, 5.41) is 21.0. The van der Waals surface area contributed by atoms with Gasteiger partial charge in [-0.1, -0.05) is 23.8 Å². The molecule has 1 saturated carbocycles. The van der Waals surface area contributed by atoms with Crippen molar-refractivity contribution >= 4 is 34.4 Å². The van der Waals surface area contributed by atoms with Crippen LogP contribution in [0.15, 0.2) is 30.5 Å². The molecule has 0 atom stereocenters. The number of nitrogens with one attached hydrogen (secondary N) is 3. The molecule has 3 aromatic rings. The molecule has 25 heavy (non-hydrogen) atoms. The van der Waals surface area contributed by atoms with E-state index in [2.05, 4.69) is 31.1 Å². The molecule has 0 unspecified atom stereocenters. The zero-order chi connectivity index (χ0) is 17.2. The van der Waals surface area contributed by atoms with Crippen molar-refractivity contribution < 1.29 is 9.59 Å². The fourth-order valence-electron chi connectivity index (χ4n) is 2.71. The van der Waals surface area contributed by atoms with Crippen LogP contribution in [0.2, 0.25) is 0 Å². The second-order valence-electron chi connectivity index (χ2n) is 6.08. The van der Waals surface area contributed by atoms with E-state index in [1.165, 1.54) is 4.68 Å². The van der Waals surface area contributed by atoms with Crippen LogP contribution >= 0.6 is 0 Å². The number of carbonyl (C=O) groups is 2. The zero-order valence-electron chi connectivity index (χ0n) is 13.4. The molecule has 0 bridgehead atoms. The molecule has 9 nitrogen and oxygen atoms in total. The Morgan fingerprint density at radius 2 is 2.08 bits per heavy atom. The highest BCUT2D eigenvalue weighted by molar-refractivity contribution is 5.99. The number of nitrogens with zero attached hydrogens (tertiary/aromatic N) is 4. The molecule has 0 aliphatic heterocycles. The monoisotopic (exact) mass is 339 g/mol. The fourth-order valence-corrected chi connectivity index (χ4v) is 2.71. The van der Waals surface area contributed by atoms with E-state index in [4.69, 9.17) is 0 Å². The number of hydrogen-bond donors (Lipinski definition) is 3. The highest BCUT2D eigenvalue weighted by atomic mass is 16.2. The molecule has 1 aliphatic carbocycles. The Hall–Kier alpha value is -3.23. The van der Waals surface area contributed by atoms with Crippen molar-refractivity contribution in [2.75, 3.05) is 10.6 Å². The summed E-state index contributed by atoms with van der Waals surface area (Å²) >= 11 is 0. The molecule has 1 aromatic carbocycles. The number of rotatable bonds is 5. The molecule has 2 amide bonds. The van der Waals surface area contributed by atoms with E-state index in [9.17, 15) is 9.59 Å². The molecular weight excluding hydrogens is 322 g/mol. The highest BCUT2D eigenvalue weighted by Gasteiger charge is 2.25. The number of carbonyl (C=O) groups excluding carboxylic acids is 2. The van der Waals surface area contributed by atoms with Gasteiger partial charge in [-0.2, -0.15) is 5.10 Å². The number of fused-ring (bicyclic) bond motifs is 1. The van der Waals surface area contributed by atoms with Gasteiger partial charge in [0.1, 0.15) is 6.54 Å². The van der Waals surface area contributed by atoms with Crippen molar-refractivity contribution in [1.82, 2.24) is 25.2 Å². The topological polar surface area (TPSA) is 118 Å². The third-order valence-electron chi connectivity index (χ3n) is 4.30. The summed E-state index contributed by atoms with van der Waals surface area (Å²) in [5.74, 6) is 0.584. The number of H-pyrrole nitrogens is 1. The molecule has 2 heterocycles. The highest BCUT2D eigenvalue weighted by Crippen LogP contribution is 2.27. The Balaban J connectivity index is 1.37. The average Bonchev–Trinajstić information content (AvgIpc) is 3.13. The van der Waals surface area contributed by atoms with Crippen molar-refractivity contribution in [3.05, 3.63) is 30.5 Å². The lowest BCUT2D eigenvalue weighted by atomic mass is 9.85. The van der Waals surface area contributed by atoms with E-state index in [-0.39, 0.29) is 24.3 Å². The van der Waals surface area contributed by atoms with Crippen molar-refractivity contribution in [3.63, 3.8) is 0 Å². The lowest BCUT2D eigenvalue weighted by Crippen LogP contribution is -2.28. The first-order valence-corrected chi connectivity index (χ1v) is 8.13. The smallest absolute Gasteiger partial charge is 0.247 e. The third-order valence-corrected chi connectivity index (χ3v) is 4.30. The van der Waals surface area contributed by atoms with Crippen LogP contribution in [-0.2, 0) is 16.1 Å². The van der Waals surface area contributed by atoms with Crippen molar-refractivity contribution in [1.29, 1.82) is 0 Å². The van der Waals surface area contributed by atoms with Gasteiger partial charge < -0.3 is 10.6 Å². The Labute approximate surface area is 142 Å². The molecule has 1 aliphatic rings. The lowest BCUT2D eigenvalue weighted by Gasteiger charge is -2.23. The number of para-hydroxylation sites is 1. The van der Waals surface area contributed by atoms with Gasteiger partial charge in [-0.25, -0.2) is 4.68 Å². The predicted molar refractivity (Wildman–Crippen MR) is 90.7 cm³/mol. The molecule has 3 N–H and O–H groups in total. The Kier molecular flexibility index (Phi) is 3.88. The summed E-state index contributed by atoms with van der Waals surface area (Å²) in [5.41, 5.74) is 0.847. The van der Waals surface area contributed by atoms with E-state index in [0.717, 1.165) is 30.2 Å². The summed E-state index contributed by atoms with van der Waals surface area (Å²) in [6.07, 6.45) is 4.46. The van der Waals surface area contributed by atoms with Crippen molar-refractivity contribution in [2.24, 2.45) is 5.92 Å². The molecular formula is C16H17N7O2. The largest absolute Gasteiger partial charge is 0.308 e. The maximum absolute atomic E-state index is 12.2. The van der Waals surface area contributed by atoms with E-state index in [1.54, 1.807) is 6.20 Å². The van der Waals surface area contributed by atoms with Crippen molar-refractivity contribution in [3.8, 4) is 0 Å². The maximum atomic E-state index is 12.2. The maximum Gasteiger partial charge on any atom is 0.247 e. The summed E-state index contributed by atoms with van der Waals surface area (Å²) in [6, 6.07) is 7.52. The summed E-state index contributed by atoms with van der Waals surface area (Å²) in [6.45, 7) is -0.0204. The van der Waals surface area contributed by atoms with Crippen molar-refractivity contribution in [2.45, 2.75) is 25.8 Å². The average molecular weight is 339 g/mol. The van der Waals surface area contributed by atoms with Crippen LogP contribution in [0.25, 0.3) is 10.9 Å². The number of benzene rings is 1. The van der Waals surface area contributed by atoms with E-state index in [1.807, 2.05) is 24.3 Å². The minimum atomic E-state index is -0.279. The predicted octanol–water partition coefficient (Wildman–Crippen LogP) is 1.53. The Morgan fingerprint density at radius 3 is 2.88 bits per heavy atom. The first kappa shape index (κ1) is 15.3. The van der Waals surface area contributed by atoms with E-state index < -0.39 is 0 Å². The number of aromatic amines is 1. The second-order valence-corrected chi connectivity index (χ2v) is 6.08. The first-order chi connectivity index (χ1) is 12.2. The fraction of sp³-hybridized carbons (Fsp3) is 0.312. The number of anilines is 2. The van der Waals surface area contributed by atoms with Crippen LogP contribution in [0.3, 0.4) is 0 Å². The first-order valence-electron chi connectivity index (χ1n) is 8.13. The molecule has 0 radical (unpaired) electrons. The minimum Gasteiger partial charge on any atom is -0.308 e. The normalized spacial score (nSPS) is 14.2. The van der Waals surface area contributed by atoms with Gasteiger partial charge in [0.2, 0.25) is 11.8 Å². The zero-order valence-corrected chi connectivity index (χ0v) is 13.4. The molecule has 128 valence electrons. The van der Waals surface area contributed by atoms with Crippen LogP contribution in [0.5, 0.6) is 0 Å². The number of amides is 2. The summed E-state index contributed by atoms with van der Waals surface area (Å²) in [4.78, 5) is 24.1. The second kappa shape index (κ2) is 6.34. The molecule has 4 rings (SSSR count). The van der Waals surface area contributed by atoms with E-state index in [0.29, 0.717) is 11.6 Å². The van der Waals surface area contributed by atoms with Gasteiger partial charge in [0, 0.05) is 11.3 Å². The van der Waals surface area contributed by atoms with Crippen LogP contribution in [-0.4, -0.2) is 37.0 Å². The standard InChI is InChI=1S/C16H17N7O2/c24-14(18-15-11-6-1-2-7-12(11)19-21-15)9-23-8-13(20-22-23)17-16(25)10-4-3-5-10/h1-2,6-8,10H,3-5,9H2,(H,17,25)(H2,18,19,21,24). The number of hydrogen-bond acceptors (Lipinski definition) is 5. The molecule has 0 saturated heterocycles. The SMILES string of the molecule is O=C(Cn1cc(NC(=O)C2CCC2)nn1)Nc1n[nH]c2ccccc12. The van der Waals surface area contributed by atoms with Gasteiger partial charge >= 0.3 is 0 Å². The van der Waals surface area contributed by atoms with Gasteiger partial charge in [-0.3, -0.25) is 14.7 Å². The third kappa shape index (κ3) is 3.21. The Morgan fingerprint density at radius 1 is 1.24 bits per heavy atom. The van der Waals surface area contributed by atoms with Gasteiger partial charge in [0.15, 0.2) is 11.6 Å². The van der Waals surface area contributed by atoms with Gasteiger partial charge in [0.05, 0.1) is 11.7 Å². The van der Waals surface area contributed by atoms with Gasteiger partial charge in [0.25, 0.3) is 0 Å². The summed E-state index contributed by atoms with van der Waals surface area (Å²) in [7, 11) is 0.